The second kappa shape index (κ2) is 11.9. The van der Waals surface area contributed by atoms with Crippen LogP contribution in [0.2, 0.25) is 5.02 Å². The maximum absolute atomic E-state index is 13.8. The fourth-order valence-corrected chi connectivity index (χ4v) is 5.33. The summed E-state index contributed by atoms with van der Waals surface area (Å²) >= 11 is 6.51. The van der Waals surface area contributed by atoms with Crippen LogP contribution in [0.5, 0.6) is 5.75 Å². The van der Waals surface area contributed by atoms with Crippen LogP contribution in [0.15, 0.2) is 42.6 Å². The molecular weight excluding hydrogens is 498 g/mol. The summed E-state index contributed by atoms with van der Waals surface area (Å²) in [5.74, 6) is 4.36. The van der Waals surface area contributed by atoms with Crippen molar-refractivity contribution in [2.75, 3.05) is 26.7 Å². The lowest BCUT2D eigenvalue weighted by Gasteiger charge is -2.40. The molecule has 1 N–H and O–H groups in total. The molecule has 0 amide bonds. The summed E-state index contributed by atoms with van der Waals surface area (Å²) in [4.78, 5) is 18.3. The number of hydrogen-bond donors (Lipinski definition) is 1. The van der Waals surface area contributed by atoms with Gasteiger partial charge in [-0.05, 0) is 86.5 Å². The molecule has 0 spiro atoms. The SMILES string of the molecule is COc1ccc2ncc(Cl)c(CCCC3(CC(=O)O)CCN(CC#Cc4ccc(F)cc4F)CC3)c2c1. The maximum Gasteiger partial charge on any atom is 0.303 e. The molecule has 0 aliphatic carbocycles. The zero-order valence-electron chi connectivity index (χ0n) is 20.7. The lowest BCUT2D eigenvalue weighted by atomic mass is 9.72. The van der Waals surface area contributed by atoms with Crippen molar-refractivity contribution in [3.63, 3.8) is 0 Å². The van der Waals surface area contributed by atoms with Gasteiger partial charge in [-0.2, -0.15) is 0 Å². The number of carbonyl (C=O) groups is 1. The molecule has 1 aliphatic heterocycles. The number of benzene rings is 2. The third kappa shape index (κ3) is 6.76. The number of ether oxygens (including phenoxy) is 1. The van der Waals surface area contributed by atoms with Crippen molar-refractivity contribution in [1.82, 2.24) is 9.88 Å². The third-order valence-electron chi connectivity index (χ3n) is 7.17. The van der Waals surface area contributed by atoms with Gasteiger partial charge in [0.15, 0.2) is 0 Å². The predicted octanol–water partition coefficient (Wildman–Crippen LogP) is 6.11. The molecule has 2 aromatic carbocycles. The van der Waals surface area contributed by atoms with Crippen LogP contribution >= 0.6 is 11.6 Å². The Morgan fingerprint density at radius 3 is 2.70 bits per heavy atom. The number of likely N-dealkylation sites (tertiary alicyclic amines) is 1. The number of rotatable bonds is 8. The Kier molecular flexibility index (Phi) is 8.63. The first kappa shape index (κ1) is 26.8. The Hall–Kier alpha value is -3.21. The molecule has 8 heteroatoms. The lowest BCUT2D eigenvalue weighted by Crippen LogP contribution is -2.41. The Morgan fingerprint density at radius 2 is 2.00 bits per heavy atom. The van der Waals surface area contributed by atoms with Gasteiger partial charge in [0.2, 0.25) is 0 Å². The Morgan fingerprint density at radius 1 is 1.22 bits per heavy atom. The zero-order chi connectivity index (χ0) is 26.4. The van der Waals surface area contributed by atoms with Gasteiger partial charge in [-0.25, -0.2) is 8.78 Å². The van der Waals surface area contributed by atoms with Crippen LogP contribution in [0.1, 0.15) is 43.2 Å². The van der Waals surface area contributed by atoms with Gasteiger partial charge in [0.1, 0.15) is 17.4 Å². The van der Waals surface area contributed by atoms with Crippen LogP contribution in [0.3, 0.4) is 0 Å². The predicted molar refractivity (Wildman–Crippen MR) is 140 cm³/mol. The number of hydrogen-bond acceptors (Lipinski definition) is 4. The first-order chi connectivity index (χ1) is 17.8. The standard InChI is InChI=1S/C29H29ClF2N2O3/c1-37-22-8-9-27-24(17-22)23(25(30)19-33-27)5-2-10-29(18-28(35)36)11-14-34(15-12-29)13-3-4-20-6-7-21(31)16-26(20)32/h6-9,16-17,19H,2,5,10-15,18H2,1H3,(H,35,36). The Bertz CT molecular complexity index is 1340. The van der Waals surface area contributed by atoms with Gasteiger partial charge in [-0.15, -0.1) is 0 Å². The number of piperidine rings is 1. The highest BCUT2D eigenvalue weighted by atomic mass is 35.5. The average Bonchev–Trinajstić information content (AvgIpc) is 2.87. The summed E-state index contributed by atoms with van der Waals surface area (Å²) in [6, 6.07) is 9.05. The van der Waals surface area contributed by atoms with E-state index < -0.39 is 17.6 Å². The lowest BCUT2D eigenvalue weighted by molar-refractivity contribution is -0.140. The summed E-state index contributed by atoms with van der Waals surface area (Å²) in [5.41, 5.74) is 1.71. The highest BCUT2D eigenvalue weighted by Crippen LogP contribution is 2.40. The third-order valence-corrected chi connectivity index (χ3v) is 7.49. The van der Waals surface area contributed by atoms with E-state index in [9.17, 15) is 18.7 Å². The zero-order valence-corrected chi connectivity index (χ0v) is 21.5. The molecule has 1 fully saturated rings. The quantitative estimate of drug-likeness (QED) is 0.359. The van der Waals surface area contributed by atoms with E-state index in [1.807, 2.05) is 18.2 Å². The van der Waals surface area contributed by atoms with Crippen molar-refractivity contribution >= 4 is 28.5 Å². The smallest absolute Gasteiger partial charge is 0.303 e. The second-order valence-corrected chi connectivity index (χ2v) is 10.0. The summed E-state index contributed by atoms with van der Waals surface area (Å²) in [7, 11) is 1.62. The van der Waals surface area contributed by atoms with E-state index in [0.29, 0.717) is 31.1 Å². The number of pyridine rings is 1. The summed E-state index contributed by atoms with van der Waals surface area (Å²) in [6.45, 7) is 1.87. The summed E-state index contributed by atoms with van der Waals surface area (Å²) < 4.78 is 32.2. The molecule has 194 valence electrons. The minimum atomic E-state index is -0.794. The molecule has 0 bridgehead atoms. The van der Waals surface area contributed by atoms with Crippen molar-refractivity contribution in [3.05, 3.63) is 70.4 Å². The number of nitrogens with zero attached hydrogens (tertiary/aromatic N) is 2. The maximum atomic E-state index is 13.8. The van der Waals surface area contributed by atoms with Crippen LogP contribution in [0.4, 0.5) is 8.78 Å². The number of aryl methyl sites for hydroxylation is 1. The van der Waals surface area contributed by atoms with E-state index in [4.69, 9.17) is 16.3 Å². The van der Waals surface area contributed by atoms with Gasteiger partial charge in [-0.3, -0.25) is 14.7 Å². The average molecular weight is 527 g/mol. The molecule has 0 saturated carbocycles. The number of fused-ring (bicyclic) bond motifs is 1. The van der Waals surface area contributed by atoms with E-state index >= 15 is 0 Å². The van der Waals surface area contributed by atoms with E-state index in [-0.39, 0.29) is 17.4 Å². The van der Waals surface area contributed by atoms with Crippen LogP contribution in [-0.2, 0) is 11.2 Å². The van der Waals surface area contributed by atoms with E-state index in [0.717, 1.165) is 54.0 Å². The van der Waals surface area contributed by atoms with Crippen molar-refractivity contribution in [2.24, 2.45) is 5.41 Å². The molecule has 2 heterocycles. The normalized spacial score (nSPS) is 15.2. The van der Waals surface area contributed by atoms with Crippen LogP contribution < -0.4 is 4.74 Å². The van der Waals surface area contributed by atoms with E-state index in [2.05, 4.69) is 21.7 Å². The van der Waals surface area contributed by atoms with E-state index in [1.54, 1.807) is 13.3 Å². The van der Waals surface area contributed by atoms with Gasteiger partial charge < -0.3 is 9.84 Å². The van der Waals surface area contributed by atoms with Crippen molar-refractivity contribution < 1.29 is 23.4 Å². The largest absolute Gasteiger partial charge is 0.497 e. The Balaban J connectivity index is 1.39. The number of carboxylic acids is 1. The molecule has 1 aliphatic rings. The van der Waals surface area contributed by atoms with Gasteiger partial charge in [0, 0.05) is 17.6 Å². The first-order valence-corrected chi connectivity index (χ1v) is 12.7. The van der Waals surface area contributed by atoms with Gasteiger partial charge >= 0.3 is 5.97 Å². The van der Waals surface area contributed by atoms with Crippen molar-refractivity contribution in [1.29, 1.82) is 0 Å². The van der Waals surface area contributed by atoms with Gasteiger partial charge in [-0.1, -0.05) is 23.4 Å². The van der Waals surface area contributed by atoms with Crippen molar-refractivity contribution in [3.8, 4) is 17.6 Å². The molecule has 0 unspecified atom stereocenters. The van der Waals surface area contributed by atoms with Crippen molar-refractivity contribution in [2.45, 2.75) is 38.5 Å². The molecule has 1 aromatic heterocycles. The summed E-state index contributed by atoms with van der Waals surface area (Å²) in [6.07, 6.45) is 5.54. The van der Waals surface area contributed by atoms with Crippen LogP contribution in [0, 0.1) is 28.9 Å². The van der Waals surface area contributed by atoms with Crippen LogP contribution in [-0.4, -0.2) is 47.7 Å². The fourth-order valence-electron chi connectivity index (χ4n) is 5.08. The first-order valence-electron chi connectivity index (χ1n) is 12.3. The highest BCUT2D eigenvalue weighted by molar-refractivity contribution is 6.32. The molecular formula is C29H29ClF2N2O3. The van der Waals surface area contributed by atoms with Crippen LogP contribution in [0.25, 0.3) is 10.9 Å². The second-order valence-electron chi connectivity index (χ2n) is 9.59. The monoisotopic (exact) mass is 526 g/mol. The molecule has 37 heavy (non-hydrogen) atoms. The van der Waals surface area contributed by atoms with Gasteiger partial charge in [0.25, 0.3) is 0 Å². The number of aliphatic carboxylic acids is 1. The Labute approximate surface area is 220 Å². The molecule has 3 aromatic rings. The number of methoxy groups -OCH3 is 1. The van der Waals surface area contributed by atoms with Gasteiger partial charge in [0.05, 0.1) is 36.2 Å². The molecule has 4 rings (SSSR count). The highest BCUT2D eigenvalue weighted by Gasteiger charge is 2.36. The topological polar surface area (TPSA) is 62.7 Å². The number of carboxylic acid groups (broad SMARTS) is 1. The van der Waals surface area contributed by atoms with E-state index in [1.165, 1.54) is 12.1 Å². The summed E-state index contributed by atoms with van der Waals surface area (Å²) in [5, 5.41) is 11.2. The minimum absolute atomic E-state index is 0.117. The minimum Gasteiger partial charge on any atom is -0.497 e. The molecule has 0 atom stereocenters. The fraction of sp³-hybridized carbons (Fsp3) is 0.379. The number of halogens is 3. The molecule has 5 nitrogen and oxygen atoms in total. The molecule has 0 radical (unpaired) electrons. The number of aromatic nitrogens is 1. The molecule has 1 saturated heterocycles.